The fourth-order valence-electron chi connectivity index (χ4n) is 6.54. The van der Waals surface area contributed by atoms with E-state index in [2.05, 4.69) is 123 Å². The lowest BCUT2D eigenvalue weighted by atomic mass is 10.1. The fourth-order valence-corrected chi connectivity index (χ4v) is 7.33. The standard InChI is InChI=1S/C56H95O9P/c1-3-5-7-9-11-13-15-17-19-21-23-25-27-28-30-32-34-36-38-40-42-44-46-48-56(59)65-55(53-64-66(60,61)63-51-54(58)50-57)52-62-49-47-45-43-41-39-37-35-33-31-29-26-24-22-20-18-16-14-12-10-8-6-4-2/h6,8,12,14-15,17-18,20-21,23-24,26-28,31,33,37,39,54-55,57-58H,3-5,7,9-11,13,16,19,22,25,29-30,32,34-36,38,40-53H2,1-2H3,(H,60,61)/b8-6-,14-12-,17-15-,20-18-,23-21-,26-24-,28-27-,33-31-,39-37-. The van der Waals surface area contributed by atoms with Crippen molar-refractivity contribution < 1.29 is 43.0 Å². The van der Waals surface area contributed by atoms with Crippen LogP contribution in [0.25, 0.3) is 0 Å². The first-order valence-electron chi connectivity index (χ1n) is 25.9. The van der Waals surface area contributed by atoms with Gasteiger partial charge in [0.1, 0.15) is 12.2 Å². The molecular formula is C56H95O9P. The Morgan fingerprint density at radius 1 is 0.485 bits per heavy atom. The third-order valence-corrected chi connectivity index (χ3v) is 11.4. The van der Waals surface area contributed by atoms with Crippen molar-refractivity contribution in [3.8, 4) is 0 Å². The van der Waals surface area contributed by atoms with Gasteiger partial charge in [-0.05, 0) is 103 Å². The number of carbonyl (C=O) groups is 1. The van der Waals surface area contributed by atoms with Crippen molar-refractivity contribution in [1.82, 2.24) is 0 Å². The second-order valence-corrected chi connectivity index (χ2v) is 18.3. The van der Waals surface area contributed by atoms with Crippen LogP contribution in [0.3, 0.4) is 0 Å². The van der Waals surface area contributed by atoms with Crippen molar-refractivity contribution in [1.29, 1.82) is 0 Å². The average molecular weight is 943 g/mol. The number of ether oxygens (including phenoxy) is 2. The summed E-state index contributed by atoms with van der Waals surface area (Å²) in [6.45, 7) is 3.28. The molecule has 10 heteroatoms. The Labute approximate surface area is 403 Å². The number of esters is 1. The molecule has 3 N–H and O–H groups in total. The molecule has 9 nitrogen and oxygen atoms in total. The Hall–Kier alpha value is -2.88. The molecule has 3 unspecified atom stereocenters. The van der Waals surface area contributed by atoms with Crippen molar-refractivity contribution in [2.24, 2.45) is 0 Å². The molecule has 0 fully saturated rings. The topological polar surface area (TPSA) is 132 Å². The van der Waals surface area contributed by atoms with Gasteiger partial charge in [0.25, 0.3) is 0 Å². The van der Waals surface area contributed by atoms with Crippen molar-refractivity contribution in [2.45, 2.75) is 206 Å². The lowest BCUT2D eigenvalue weighted by Crippen LogP contribution is -2.29. The van der Waals surface area contributed by atoms with Gasteiger partial charge in [0.15, 0.2) is 0 Å². The van der Waals surface area contributed by atoms with Crippen LogP contribution in [-0.2, 0) is 27.9 Å². The first-order chi connectivity index (χ1) is 32.3. The van der Waals surface area contributed by atoms with E-state index in [-0.39, 0.29) is 13.0 Å². The van der Waals surface area contributed by atoms with E-state index in [1.165, 1.54) is 64.2 Å². The molecule has 3 atom stereocenters. The predicted octanol–water partition coefficient (Wildman–Crippen LogP) is 15.4. The Bertz CT molecular complexity index is 1390. The number of allylic oxidation sites excluding steroid dienone is 18. The van der Waals surface area contributed by atoms with Gasteiger partial charge in [-0.15, -0.1) is 0 Å². The minimum absolute atomic E-state index is 0.0161. The third-order valence-electron chi connectivity index (χ3n) is 10.4. The molecule has 0 aromatic rings. The van der Waals surface area contributed by atoms with Gasteiger partial charge in [0.2, 0.25) is 0 Å². The average Bonchev–Trinajstić information content (AvgIpc) is 3.31. The minimum Gasteiger partial charge on any atom is -0.457 e. The second kappa shape index (κ2) is 51.5. The molecule has 0 aromatic carbocycles. The van der Waals surface area contributed by atoms with Crippen LogP contribution in [0.15, 0.2) is 109 Å². The van der Waals surface area contributed by atoms with Crippen molar-refractivity contribution >= 4 is 13.8 Å². The number of aliphatic hydroxyl groups is 2. The molecule has 0 aliphatic rings. The zero-order chi connectivity index (χ0) is 48.1. The van der Waals surface area contributed by atoms with E-state index in [9.17, 15) is 19.4 Å². The molecule has 0 aliphatic carbocycles. The fraction of sp³-hybridized carbons (Fsp3) is 0.661. The van der Waals surface area contributed by atoms with Crippen molar-refractivity contribution in [3.05, 3.63) is 109 Å². The summed E-state index contributed by atoms with van der Waals surface area (Å²) in [5, 5.41) is 18.4. The maximum Gasteiger partial charge on any atom is 0.472 e. The number of hydrogen-bond donors (Lipinski definition) is 3. The van der Waals surface area contributed by atoms with E-state index in [1.54, 1.807) is 0 Å². The molecule has 66 heavy (non-hydrogen) atoms. The predicted molar refractivity (Wildman–Crippen MR) is 278 cm³/mol. The maximum atomic E-state index is 12.7. The summed E-state index contributed by atoms with van der Waals surface area (Å²) >= 11 is 0. The van der Waals surface area contributed by atoms with Crippen LogP contribution >= 0.6 is 7.82 Å². The number of aliphatic hydroxyl groups excluding tert-OH is 2. The summed E-state index contributed by atoms with van der Waals surface area (Å²) in [4.78, 5) is 22.7. The quantitative estimate of drug-likeness (QED) is 0.0236. The number of rotatable bonds is 48. The van der Waals surface area contributed by atoms with Crippen molar-refractivity contribution in [2.75, 3.05) is 33.0 Å². The van der Waals surface area contributed by atoms with Gasteiger partial charge in [-0.25, -0.2) is 4.57 Å². The number of phosphoric acid groups is 1. The summed E-state index contributed by atoms with van der Waals surface area (Å²) in [6.07, 6.45) is 67.7. The molecule has 0 saturated heterocycles. The molecule has 0 aromatic heterocycles. The summed E-state index contributed by atoms with van der Waals surface area (Å²) in [5.74, 6) is -0.406. The van der Waals surface area contributed by atoms with Crippen LogP contribution < -0.4 is 0 Å². The van der Waals surface area contributed by atoms with Crippen LogP contribution in [0.5, 0.6) is 0 Å². The Kier molecular flexibility index (Phi) is 49.3. The first kappa shape index (κ1) is 63.1. The van der Waals surface area contributed by atoms with E-state index in [0.29, 0.717) is 13.0 Å². The van der Waals surface area contributed by atoms with E-state index in [4.69, 9.17) is 23.6 Å². The van der Waals surface area contributed by atoms with Crippen molar-refractivity contribution in [3.63, 3.8) is 0 Å². The molecule has 0 radical (unpaired) electrons. The first-order valence-corrected chi connectivity index (χ1v) is 27.4. The van der Waals surface area contributed by atoms with Crippen LogP contribution in [0.1, 0.15) is 194 Å². The van der Waals surface area contributed by atoms with E-state index in [0.717, 1.165) is 103 Å². The molecular weight excluding hydrogens is 848 g/mol. The van der Waals surface area contributed by atoms with Gasteiger partial charge < -0.3 is 24.6 Å². The molecule has 0 aliphatic heterocycles. The number of carbonyl (C=O) groups excluding carboxylic acids is 1. The lowest BCUT2D eigenvalue weighted by molar-refractivity contribution is -0.154. The molecule has 0 spiro atoms. The van der Waals surface area contributed by atoms with E-state index in [1.807, 2.05) is 0 Å². The minimum atomic E-state index is -4.55. The normalized spacial score (nSPS) is 14.7. The number of phosphoric ester groups is 1. The van der Waals surface area contributed by atoms with Gasteiger partial charge in [-0.3, -0.25) is 13.8 Å². The summed E-state index contributed by atoms with van der Waals surface area (Å²) in [7, 11) is -4.55. The highest BCUT2D eigenvalue weighted by molar-refractivity contribution is 7.47. The summed E-state index contributed by atoms with van der Waals surface area (Å²) < 4.78 is 33.5. The molecule has 0 amide bonds. The molecule has 0 rings (SSSR count). The summed E-state index contributed by atoms with van der Waals surface area (Å²) in [5.41, 5.74) is 0. The van der Waals surface area contributed by atoms with Gasteiger partial charge in [-0.1, -0.05) is 194 Å². The maximum absolute atomic E-state index is 12.7. The third kappa shape index (κ3) is 50.5. The second-order valence-electron chi connectivity index (χ2n) is 16.8. The number of unbranched alkanes of at least 4 members (excludes halogenated alkanes) is 16. The SMILES string of the molecule is CC/C=C\C/C=C\C/C=C\C/C=C\C/C=C\C/C=C\CCCCCOCC(COP(=O)(O)OCC(O)CO)OC(=O)CCCCCCCCCC/C=C\C/C=C\C/C=C\CCCCCCC. The Balaban J connectivity index is 4.20. The van der Waals surface area contributed by atoms with Gasteiger partial charge in [0, 0.05) is 13.0 Å². The largest absolute Gasteiger partial charge is 0.472 e. The van der Waals surface area contributed by atoms with Crippen LogP contribution in [0.2, 0.25) is 0 Å². The van der Waals surface area contributed by atoms with Crippen LogP contribution in [-0.4, -0.2) is 66.3 Å². The highest BCUT2D eigenvalue weighted by atomic mass is 31.2. The molecule has 0 heterocycles. The zero-order valence-electron chi connectivity index (χ0n) is 41.6. The van der Waals surface area contributed by atoms with Gasteiger partial charge in [0.05, 0.1) is 26.4 Å². The Morgan fingerprint density at radius 2 is 0.864 bits per heavy atom. The van der Waals surface area contributed by atoms with Gasteiger partial charge >= 0.3 is 13.8 Å². The monoisotopic (exact) mass is 943 g/mol. The van der Waals surface area contributed by atoms with Gasteiger partial charge in [-0.2, -0.15) is 0 Å². The highest BCUT2D eigenvalue weighted by Crippen LogP contribution is 2.43. The molecule has 0 bridgehead atoms. The molecule has 0 saturated carbocycles. The highest BCUT2D eigenvalue weighted by Gasteiger charge is 2.26. The van der Waals surface area contributed by atoms with E-state index < -0.39 is 45.8 Å². The molecule has 378 valence electrons. The summed E-state index contributed by atoms with van der Waals surface area (Å²) in [6, 6.07) is 0. The Morgan fingerprint density at radius 3 is 1.30 bits per heavy atom. The van der Waals surface area contributed by atoms with Crippen LogP contribution in [0.4, 0.5) is 0 Å². The van der Waals surface area contributed by atoms with Crippen LogP contribution in [0, 0.1) is 0 Å². The smallest absolute Gasteiger partial charge is 0.457 e. The zero-order valence-corrected chi connectivity index (χ0v) is 42.5. The van der Waals surface area contributed by atoms with E-state index >= 15 is 0 Å². The number of hydrogen-bond acceptors (Lipinski definition) is 8. The lowest BCUT2D eigenvalue weighted by Gasteiger charge is -2.20.